The summed E-state index contributed by atoms with van der Waals surface area (Å²) in [5.74, 6) is 0. The molecule has 104 valence electrons. The summed E-state index contributed by atoms with van der Waals surface area (Å²) in [6, 6.07) is 0.283. The van der Waals surface area contributed by atoms with Crippen LogP contribution in [0.25, 0.3) is 0 Å². The molecule has 2 aromatic rings. The molecule has 1 atom stereocenters. The second kappa shape index (κ2) is 6.15. The molecule has 0 saturated heterocycles. The summed E-state index contributed by atoms with van der Waals surface area (Å²) in [6.07, 6.45) is 0.912. The van der Waals surface area contributed by atoms with Crippen molar-refractivity contribution in [2.24, 2.45) is 0 Å². The fourth-order valence-electron chi connectivity index (χ4n) is 2.23. The zero-order valence-corrected chi connectivity index (χ0v) is 14.1. The average molecular weight is 343 g/mol. The summed E-state index contributed by atoms with van der Waals surface area (Å²) in [6.45, 7) is 7.11. The predicted octanol–water partition coefficient (Wildman–Crippen LogP) is 3.24. The fraction of sp³-hybridized carbons (Fsp3) is 0.538. The minimum atomic E-state index is 0.283. The van der Waals surface area contributed by atoms with Gasteiger partial charge in [-0.2, -0.15) is 5.10 Å². The molecule has 0 radical (unpaired) electrons. The van der Waals surface area contributed by atoms with Gasteiger partial charge in [-0.15, -0.1) is 11.3 Å². The number of nitrogens with zero attached hydrogens (tertiary/aromatic N) is 3. The van der Waals surface area contributed by atoms with Gasteiger partial charge in [-0.3, -0.25) is 4.68 Å². The Morgan fingerprint density at radius 2 is 2.16 bits per heavy atom. The van der Waals surface area contributed by atoms with Gasteiger partial charge < -0.3 is 5.32 Å². The third kappa shape index (κ3) is 2.90. The van der Waals surface area contributed by atoms with Gasteiger partial charge in [0.25, 0.3) is 0 Å². The highest BCUT2D eigenvalue weighted by molar-refractivity contribution is 9.10. The van der Waals surface area contributed by atoms with E-state index in [9.17, 15) is 0 Å². The molecule has 19 heavy (non-hydrogen) atoms. The third-order valence-corrected chi connectivity index (χ3v) is 5.37. The van der Waals surface area contributed by atoms with Crippen molar-refractivity contribution in [2.45, 2.75) is 39.8 Å². The molecule has 0 saturated carbocycles. The van der Waals surface area contributed by atoms with Crippen LogP contribution in [0.2, 0.25) is 0 Å². The highest BCUT2D eigenvalue weighted by Crippen LogP contribution is 2.29. The van der Waals surface area contributed by atoms with Crippen molar-refractivity contribution < 1.29 is 0 Å². The quantitative estimate of drug-likeness (QED) is 0.906. The number of aryl methyl sites for hydroxylation is 3. The van der Waals surface area contributed by atoms with E-state index >= 15 is 0 Å². The lowest BCUT2D eigenvalue weighted by atomic mass is 10.1. The molecule has 0 fully saturated rings. The molecule has 2 aromatic heterocycles. The SMILES string of the molecule is CCn1nc(C)c(Br)c1CC(NC)c1scnc1C. The van der Waals surface area contributed by atoms with Gasteiger partial charge in [0.1, 0.15) is 0 Å². The van der Waals surface area contributed by atoms with Crippen LogP contribution in [0, 0.1) is 13.8 Å². The van der Waals surface area contributed by atoms with E-state index in [1.54, 1.807) is 11.3 Å². The van der Waals surface area contributed by atoms with E-state index in [4.69, 9.17) is 0 Å². The third-order valence-electron chi connectivity index (χ3n) is 3.30. The monoisotopic (exact) mass is 342 g/mol. The summed E-state index contributed by atoms with van der Waals surface area (Å²) < 4.78 is 3.19. The van der Waals surface area contributed by atoms with Crippen LogP contribution in [-0.2, 0) is 13.0 Å². The molecule has 2 rings (SSSR count). The van der Waals surface area contributed by atoms with Gasteiger partial charge >= 0.3 is 0 Å². The first-order chi connectivity index (χ1) is 9.08. The molecule has 1 N–H and O–H groups in total. The van der Waals surface area contributed by atoms with Crippen LogP contribution in [0.3, 0.4) is 0 Å². The smallest absolute Gasteiger partial charge is 0.0798 e. The largest absolute Gasteiger partial charge is 0.312 e. The highest BCUT2D eigenvalue weighted by Gasteiger charge is 2.20. The molecule has 0 aliphatic carbocycles. The van der Waals surface area contributed by atoms with Crippen LogP contribution in [0.1, 0.15) is 34.9 Å². The minimum Gasteiger partial charge on any atom is -0.312 e. The van der Waals surface area contributed by atoms with Crippen molar-refractivity contribution >= 4 is 27.3 Å². The van der Waals surface area contributed by atoms with Gasteiger partial charge in [0.05, 0.1) is 27.1 Å². The van der Waals surface area contributed by atoms with Crippen LogP contribution in [0.15, 0.2) is 9.98 Å². The summed E-state index contributed by atoms with van der Waals surface area (Å²) >= 11 is 5.37. The summed E-state index contributed by atoms with van der Waals surface area (Å²) in [4.78, 5) is 5.64. The molecule has 0 aromatic carbocycles. The number of hydrogen-bond acceptors (Lipinski definition) is 4. The highest BCUT2D eigenvalue weighted by atomic mass is 79.9. The summed E-state index contributed by atoms with van der Waals surface area (Å²) in [5.41, 5.74) is 5.31. The number of thiazole rings is 1. The van der Waals surface area contributed by atoms with Crippen molar-refractivity contribution in [3.63, 3.8) is 0 Å². The lowest BCUT2D eigenvalue weighted by Crippen LogP contribution is -2.20. The number of nitrogens with one attached hydrogen (secondary N) is 1. The van der Waals surface area contributed by atoms with Crippen LogP contribution >= 0.6 is 27.3 Å². The minimum absolute atomic E-state index is 0.283. The van der Waals surface area contributed by atoms with E-state index in [2.05, 4.69) is 49.9 Å². The first kappa shape index (κ1) is 14.7. The standard InChI is InChI=1S/C13H19BrN4S/c1-5-18-11(12(14)8(2)17-18)6-10(15-4)13-9(3)16-7-19-13/h7,10,15H,5-6H2,1-4H3. The first-order valence-electron chi connectivity index (χ1n) is 6.37. The van der Waals surface area contributed by atoms with E-state index < -0.39 is 0 Å². The zero-order chi connectivity index (χ0) is 14.0. The fourth-order valence-corrected chi connectivity index (χ4v) is 3.59. The average Bonchev–Trinajstić information content (AvgIpc) is 2.93. The number of halogens is 1. The van der Waals surface area contributed by atoms with E-state index in [1.807, 2.05) is 19.5 Å². The maximum atomic E-state index is 4.55. The van der Waals surface area contributed by atoms with Crippen LogP contribution in [0.4, 0.5) is 0 Å². The van der Waals surface area contributed by atoms with E-state index in [1.165, 1.54) is 10.6 Å². The molecule has 0 aliphatic rings. The molecule has 0 bridgehead atoms. The Morgan fingerprint density at radius 1 is 1.42 bits per heavy atom. The van der Waals surface area contributed by atoms with E-state index in [0.29, 0.717) is 0 Å². The predicted molar refractivity (Wildman–Crippen MR) is 82.7 cm³/mol. The Morgan fingerprint density at radius 3 is 2.68 bits per heavy atom. The van der Waals surface area contributed by atoms with Crippen LogP contribution in [0.5, 0.6) is 0 Å². The second-order valence-electron chi connectivity index (χ2n) is 4.51. The molecular weight excluding hydrogens is 324 g/mol. The van der Waals surface area contributed by atoms with Crippen LogP contribution < -0.4 is 5.32 Å². The van der Waals surface area contributed by atoms with Crippen molar-refractivity contribution in [3.8, 4) is 0 Å². The maximum absolute atomic E-state index is 4.55. The zero-order valence-electron chi connectivity index (χ0n) is 11.7. The summed E-state index contributed by atoms with van der Waals surface area (Å²) in [7, 11) is 2.00. The maximum Gasteiger partial charge on any atom is 0.0798 e. The Hall–Kier alpha value is -0.720. The van der Waals surface area contributed by atoms with Gasteiger partial charge in [0, 0.05) is 23.9 Å². The molecule has 0 aliphatic heterocycles. The Labute approximate surface area is 126 Å². The number of hydrogen-bond donors (Lipinski definition) is 1. The normalized spacial score (nSPS) is 12.9. The second-order valence-corrected chi connectivity index (χ2v) is 6.19. The molecule has 0 spiro atoms. The number of likely N-dealkylation sites (N-methyl/N-ethyl adjacent to an activating group) is 1. The van der Waals surface area contributed by atoms with E-state index in [0.717, 1.165) is 28.8 Å². The van der Waals surface area contributed by atoms with E-state index in [-0.39, 0.29) is 6.04 Å². The molecular formula is C13H19BrN4S. The lowest BCUT2D eigenvalue weighted by molar-refractivity contribution is 0.543. The molecule has 4 nitrogen and oxygen atoms in total. The Balaban J connectivity index is 2.31. The topological polar surface area (TPSA) is 42.7 Å². The molecule has 2 heterocycles. The molecule has 6 heteroatoms. The first-order valence-corrected chi connectivity index (χ1v) is 8.04. The van der Waals surface area contributed by atoms with Crippen molar-refractivity contribution in [3.05, 3.63) is 31.9 Å². The molecule has 1 unspecified atom stereocenters. The van der Waals surface area contributed by atoms with Gasteiger partial charge in [0.2, 0.25) is 0 Å². The van der Waals surface area contributed by atoms with Crippen LogP contribution in [-0.4, -0.2) is 21.8 Å². The van der Waals surface area contributed by atoms with Crippen molar-refractivity contribution in [2.75, 3.05) is 7.05 Å². The summed E-state index contributed by atoms with van der Waals surface area (Å²) in [5, 5.41) is 7.94. The lowest BCUT2D eigenvalue weighted by Gasteiger charge is -2.16. The van der Waals surface area contributed by atoms with Crippen molar-refractivity contribution in [1.29, 1.82) is 0 Å². The van der Waals surface area contributed by atoms with Gasteiger partial charge in [-0.25, -0.2) is 4.98 Å². The van der Waals surface area contributed by atoms with Gasteiger partial charge in [-0.05, 0) is 43.7 Å². The Bertz CT molecular complexity index is 561. The molecule has 0 amide bonds. The van der Waals surface area contributed by atoms with Gasteiger partial charge in [0.15, 0.2) is 0 Å². The van der Waals surface area contributed by atoms with Crippen molar-refractivity contribution in [1.82, 2.24) is 20.1 Å². The van der Waals surface area contributed by atoms with Gasteiger partial charge in [-0.1, -0.05) is 0 Å². The number of aromatic nitrogens is 3. The number of rotatable bonds is 5. The Kier molecular flexibility index (Phi) is 4.76.